The van der Waals surface area contributed by atoms with Crippen LogP contribution in [0, 0.1) is 17.3 Å². The van der Waals surface area contributed by atoms with Gasteiger partial charge in [-0.2, -0.15) is 0 Å². The van der Waals surface area contributed by atoms with Gasteiger partial charge in [0.15, 0.2) is 5.78 Å². The molecule has 0 unspecified atom stereocenters. The maximum absolute atomic E-state index is 13.3. The monoisotopic (exact) mass is 445 g/mol. The smallest absolute Gasteiger partial charge is 0.186 e. The van der Waals surface area contributed by atoms with Gasteiger partial charge in [0.1, 0.15) is 24.7 Å². The summed E-state index contributed by atoms with van der Waals surface area (Å²) < 4.78 is 6.09. The van der Waals surface area contributed by atoms with Crippen LogP contribution in [0.1, 0.15) is 75.0 Å². The summed E-state index contributed by atoms with van der Waals surface area (Å²) in [5.41, 5.74) is 4.48. The third-order valence-electron chi connectivity index (χ3n) is 8.29. The van der Waals surface area contributed by atoms with E-state index in [-0.39, 0.29) is 11.2 Å². The van der Waals surface area contributed by atoms with Gasteiger partial charge >= 0.3 is 0 Å². The van der Waals surface area contributed by atoms with Crippen LogP contribution >= 0.6 is 0 Å². The number of nitrogens with zero attached hydrogens (tertiary/aromatic N) is 1. The molecule has 4 nitrogen and oxygen atoms in total. The molecule has 5 rings (SSSR count). The van der Waals surface area contributed by atoms with Crippen LogP contribution < -0.4 is 4.74 Å². The summed E-state index contributed by atoms with van der Waals surface area (Å²) in [6.45, 7) is 5.51. The first-order valence-electron chi connectivity index (χ1n) is 12.6. The number of carbonyl (C=O) groups excluding carboxylic acids is 1. The van der Waals surface area contributed by atoms with Crippen molar-refractivity contribution in [3.8, 4) is 5.75 Å². The number of oxime groups is 1. The van der Waals surface area contributed by atoms with Gasteiger partial charge in [0.05, 0.1) is 0 Å². The van der Waals surface area contributed by atoms with Crippen LogP contribution in [0.4, 0.5) is 0 Å². The fourth-order valence-corrected chi connectivity index (χ4v) is 6.41. The van der Waals surface area contributed by atoms with Crippen molar-refractivity contribution in [2.45, 2.75) is 71.3 Å². The van der Waals surface area contributed by atoms with E-state index in [1.807, 2.05) is 18.2 Å². The number of Topliss-reactive ketones (excluding diaryl/α,β-unsaturated/α-hetero) is 1. The third kappa shape index (κ3) is 4.20. The molecule has 0 spiro atoms. The Morgan fingerprint density at radius 2 is 1.97 bits per heavy atom. The minimum Gasteiger partial charge on any atom is -0.489 e. The van der Waals surface area contributed by atoms with Gasteiger partial charge in [-0.15, -0.1) is 0 Å². The Kier molecular flexibility index (Phi) is 6.27. The minimum atomic E-state index is -0.273. The van der Waals surface area contributed by atoms with Crippen LogP contribution in [0.5, 0.6) is 5.75 Å². The Bertz CT molecular complexity index is 1030. The van der Waals surface area contributed by atoms with E-state index >= 15 is 0 Å². The zero-order valence-corrected chi connectivity index (χ0v) is 19.9. The van der Waals surface area contributed by atoms with Crippen molar-refractivity contribution >= 4 is 11.5 Å². The molecule has 2 saturated carbocycles. The Balaban J connectivity index is 1.30. The zero-order chi connectivity index (χ0) is 22.8. The third-order valence-corrected chi connectivity index (χ3v) is 8.29. The van der Waals surface area contributed by atoms with Crippen LogP contribution in [0.15, 0.2) is 53.7 Å². The molecule has 0 aromatic heterocycles. The van der Waals surface area contributed by atoms with Gasteiger partial charge in [-0.1, -0.05) is 61.8 Å². The molecule has 3 aliphatic carbocycles. The van der Waals surface area contributed by atoms with Crippen LogP contribution in [-0.2, 0) is 22.7 Å². The van der Waals surface area contributed by atoms with E-state index in [9.17, 15) is 4.79 Å². The molecule has 0 bridgehead atoms. The molecule has 0 N–H and O–H groups in total. The second-order valence-electron chi connectivity index (χ2n) is 10.3. The number of unbranched alkanes of at least 4 members (excludes halogenated alkanes) is 1. The predicted molar refractivity (Wildman–Crippen MR) is 131 cm³/mol. The SMILES string of the molecule is CCCCO/N=C1\C[C@H]2[C@@H]3CCc4cc(OCc5ccccc5)ccc4[C@H]3CC[C@]2(C)C1=O. The number of ether oxygens (including phenoxy) is 1. The molecule has 2 aromatic carbocycles. The lowest BCUT2D eigenvalue weighted by atomic mass is 9.55. The number of fused-ring (bicyclic) bond motifs is 5. The number of benzene rings is 2. The first kappa shape index (κ1) is 22.2. The highest BCUT2D eigenvalue weighted by Crippen LogP contribution is 2.59. The van der Waals surface area contributed by atoms with E-state index in [1.54, 1.807) is 0 Å². The zero-order valence-electron chi connectivity index (χ0n) is 19.9. The van der Waals surface area contributed by atoms with Gasteiger partial charge in [-0.05, 0) is 78.7 Å². The van der Waals surface area contributed by atoms with Crippen LogP contribution in [-0.4, -0.2) is 18.1 Å². The van der Waals surface area contributed by atoms with Crippen molar-refractivity contribution in [2.75, 3.05) is 6.61 Å². The standard InChI is InChI=1S/C29H35NO3/c1-3-4-16-33-30-27-18-26-25-12-10-21-17-22(32-19-20-8-6-5-7-9-20)11-13-23(21)24(25)14-15-29(26,2)28(27)31/h5-9,11,13,17,24-26H,3-4,10,12,14-16,18-19H2,1-2H3/b30-27+/t24-,25-,26+,29+/m1/s1. The summed E-state index contributed by atoms with van der Waals surface area (Å²) >= 11 is 0. The largest absolute Gasteiger partial charge is 0.489 e. The molecular formula is C29H35NO3. The first-order chi connectivity index (χ1) is 16.1. The Labute approximate surface area is 197 Å². The average Bonchev–Trinajstić information content (AvgIpc) is 3.11. The number of hydrogen-bond acceptors (Lipinski definition) is 4. The van der Waals surface area contributed by atoms with Gasteiger partial charge in [-0.3, -0.25) is 4.79 Å². The Morgan fingerprint density at radius 3 is 2.79 bits per heavy atom. The highest BCUT2D eigenvalue weighted by atomic mass is 16.6. The Morgan fingerprint density at radius 1 is 1.12 bits per heavy atom. The maximum atomic E-state index is 13.3. The first-order valence-corrected chi connectivity index (χ1v) is 12.6. The summed E-state index contributed by atoms with van der Waals surface area (Å²) in [6.07, 6.45) is 7.03. The molecule has 4 atom stereocenters. The van der Waals surface area contributed by atoms with Gasteiger partial charge in [-0.25, -0.2) is 0 Å². The topological polar surface area (TPSA) is 47.9 Å². The summed E-state index contributed by atoms with van der Waals surface area (Å²) in [7, 11) is 0. The summed E-state index contributed by atoms with van der Waals surface area (Å²) in [6, 6.07) is 17.0. The second-order valence-corrected chi connectivity index (χ2v) is 10.3. The molecule has 33 heavy (non-hydrogen) atoms. The maximum Gasteiger partial charge on any atom is 0.186 e. The lowest BCUT2D eigenvalue weighted by Gasteiger charge is -2.47. The van der Waals surface area contributed by atoms with Crippen LogP contribution in [0.3, 0.4) is 0 Å². The molecule has 2 aromatic rings. The predicted octanol–water partition coefficient (Wildman–Crippen LogP) is 6.47. The summed E-state index contributed by atoms with van der Waals surface area (Å²) in [4.78, 5) is 18.7. The molecule has 4 heteroatoms. The quantitative estimate of drug-likeness (QED) is 0.362. The minimum absolute atomic E-state index is 0.234. The Hall–Kier alpha value is -2.62. The molecule has 0 amide bonds. The molecule has 0 aliphatic heterocycles. The van der Waals surface area contributed by atoms with E-state index in [1.165, 1.54) is 16.7 Å². The number of rotatable bonds is 7. The van der Waals surface area contributed by atoms with Gasteiger partial charge in [0, 0.05) is 11.8 Å². The molecular weight excluding hydrogens is 410 g/mol. The molecule has 0 heterocycles. The fourth-order valence-electron chi connectivity index (χ4n) is 6.41. The molecule has 0 radical (unpaired) electrons. The van der Waals surface area contributed by atoms with E-state index in [4.69, 9.17) is 9.57 Å². The molecule has 3 aliphatic rings. The van der Waals surface area contributed by atoms with Crippen molar-refractivity contribution in [1.82, 2.24) is 0 Å². The van der Waals surface area contributed by atoms with E-state index in [0.717, 1.165) is 50.7 Å². The second kappa shape index (κ2) is 9.32. The van der Waals surface area contributed by atoms with Crippen LogP contribution in [0.25, 0.3) is 0 Å². The lowest BCUT2D eigenvalue weighted by molar-refractivity contribution is -0.125. The van der Waals surface area contributed by atoms with Gasteiger partial charge < -0.3 is 9.57 Å². The van der Waals surface area contributed by atoms with E-state index in [0.29, 0.717) is 36.7 Å². The van der Waals surface area contributed by atoms with E-state index in [2.05, 4.69) is 49.3 Å². The number of carbonyl (C=O) groups is 1. The van der Waals surface area contributed by atoms with Crippen molar-refractivity contribution in [1.29, 1.82) is 0 Å². The highest BCUT2D eigenvalue weighted by Gasteiger charge is 2.57. The van der Waals surface area contributed by atoms with Crippen molar-refractivity contribution in [3.63, 3.8) is 0 Å². The lowest BCUT2D eigenvalue weighted by Crippen LogP contribution is -2.42. The molecule has 174 valence electrons. The summed E-state index contributed by atoms with van der Waals surface area (Å²) in [5.74, 6) is 2.63. The van der Waals surface area contributed by atoms with Gasteiger partial charge in [0.25, 0.3) is 0 Å². The fraction of sp³-hybridized carbons (Fsp3) is 0.517. The van der Waals surface area contributed by atoms with Crippen molar-refractivity contribution in [2.24, 2.45) is 22.4 Å². The van der Waals surface area contributed by atoms with Gasteiger partial charge in [0.2, 0.25) is 0 Å². The molecule has 0 saturated heterocycles. The van der Waals surface area contributed by atoms with E-state index < -0.39 is 0 Å². The summed E-state index contributed by atoms with van der Waals surface area (Å²) in [5, 5.41) is 4.30. The number of hydrogen-bond donors (Lipinski definition) is 0. The highest BCUT2D eigenvalue weighted by molar-refractivity contribution is 6.43. The average molecular weight is 446 g/mol. The number of aryl methyl sites for hydroxylation is 1. The normalized spacial score (nSPS) is 29.3. The number of ketones is 1. The van der Waals surface area contributed by atoms with Crippen LogP contribution in [0.2, 0.25) is 0 Å². The van der Waals surface area contributed by atoms with Crippen molar-refractivity contribution < 1.29 is 14.4 Å². The van der Waals surface area contributed by atoms with Crippen molar-refractivity contribution in [3.05, 3.63) is 65.2 Å². The molecule has 2 fully saturated rings.